The van der Waals surface area contributed by atoms with Gasteiger partial charge in [-0.3, -0.25) is 14.3 Å². The number of hydrogen-bond acceptors (Lipinski definition) is 5. The fraction of sp³-hybridized carbons (Fsp3) is 0.667. The van der Waals surface area contributed by atoms with E-state index in [1.165, 1.54) is 4.57 Å². The van der Waals surface area contributed by atoms with Crippen LogP contribution in [0, 0.1) is 5.92 Å². The highest BCUT2D eigenvalue weighted by molar-refractivity contribution is 5.60. The van der Waals surface area contributed by atoms with Gasteiger partial charge in [-0.05, 0) is 12.3 Å². The van der Waals surface area contributed by atoms with E-state index in [2.05, 4.69) is 10.3 Å². The molecule has 0 aliphatic rings. The van der Waals surface area contributed by atoms with Crippen molar-refractivity contribution in [3.05, 3.63) is 20.8 Å². The molecule has 0 bridgehead atoms. The van der Waals surface area contributed by atoms with E-state index >= 15 is 0 Å². The number of methoxy groups -OCH3 is 1. The fourth-order valence-corrected chi connectivity index (χ4v) is 1.73. The molecule has 0 saturated carbocycles. The van der Waals surface area contributed by atoms with Gasteiger partial charge in [-0.1, -0.05) is 13.8 Å². The number of ether oxygens (including phenoxy) is 1. The predicted molar refractivity (Wildman–Crippen MR) is 75.6 cm³/mol. The van der Waals surface area contributed by atoms with Crippen molar-refractivity contribution >= 4 is 11.5 Å². The Hall–Kier alpha value is -1.76. The summed E-state index contributed by atoms with van der Waals surface area (Å²) < 4.78 is 6.30. The van der Waals surface area contributed by atoms with Gasteiger partial charge in [-0.2, -0.15) is 0 Å². The van der Waals surface area contributed by atoms with Gasteiger partial charge in [0, 0.05) is 26.8 Å². The summed E-state index contributed by atoms with van der Waals surface area (Å²) in [5.41, 5.74) is 5.18. The van der Waals surface area contributed by atoms with Gasteiger partial charge in [-0.15, -0.1) is 0 Å². The van der Waals surface area contributed by atoms with Crippen molar-refractivity contribution in [2.75, 3.05) is 31.3 Å². The lowest BCUT2D eigenvalue weighted by atomic mass is 10.2. The van der Waals surface area contributed by atoms with Crippen molar-refractivity contribution in [3.8, 4) is 0 Å². The topological polar surface area (TPSA) is 102 Å². The molecule has 7 nitrogen and oxygen atoms in total. The Balaban J connectivity index is 2.97. The molecule has 0 aromatic carbocycles. The van der Waals surface area contributed by atoms with E-state index in [1.807, 2.05) is 13.8 Å². The van der Waals surface area contributed by atoms with E-state index < -0.39 is 11.2 Å². The monoisotopic (exact) mass is 270 g/mol. The van der Waals surface area contributed by atoms with Crippen molar-refractivity contribution in [1.82, 2.24) is 9.55 Å². The number of nitrogen functional groups attached to an aromatic ring is 1. The number of aromatic nitrogens is 2. The van der Waals surface area contributed by atoms with Gasteiger partial charge in [0.2, 0.25) is 0 Å². The van der Waals surface area contributed by atoms with Crippen molar-refractivity contribution in [1.29, 1.82) is 0 Å². The normalized spacial score (nSPS) is 10.9. The Morgan fingerprint density at radius 1 is 1.42 bits per heavy atom. The van der Waals surface area contributed by atoms with Gasteiger partial charge in [0.05, 0.1) is 0 Å². The number of hydrogen-bond donors (Lipinski definition) is 3. The summed E-state index contributed by atoms with van der Waals surface area (Å²) in [6.45, 7) is 5.57. The molecule has 0 spiro atoms. The minimum atomic E-state index is -0.486. The Morgan fingerprint density at radius 3 is 2.68 bits per heavy atom. The van der Waals surface area contributed by atoms with E-state index in [-0.39, 0.29) is 17.4 Å². The lowest BCUT2D eigenvalue weighted by molar-refractivity contribution is 0.198. The lowest BCUT2D eigenvalue weighted by Gasteiger charge is -2.15. The Kier molecular flexibility index (Phi) is 5.62. The van der Waals surface area contributed by atoms with E-state index in [0.29, 0.717) is 19.7 Å². The van der Waals surface area contributed by atoms with Crippen LogP contribution in [0.4, 0.5) is 11.5 Å². The van der Waals surface area contributed by atoms with Gasteiger partial charge in [-0.25, -0.2) is 4.79 Å². The van der Waals surface area contributed by atoms with Gasteiger partial charge in [0.1, 0.15) is 11.5 Å². The Morgan fingerprint density at radius 2 is 2.11 bits per heavy atom. The maximum absolute atomic E-state index is 11.7. The first kappa shape index (κ1) is 15.3. The van der Waals surface area contributed by atoms with Crippen LogP contribution in [0.2, 0.25) is 0 Å². The SMILES string of the molecule is COCCCNc1c(N)n(CC(C)C)c(=O)[nH]c1=O. The molecule has 0 unspecified atom stereocenters. The minimum absolute atomic E-state index is 0.180. The molecule has 108 valence electrons. The highest BCUT2D eigenvalue weighted by Crippen LogP contribution is 2.11. The summed E-state index contributed by atoms with van der Waals surface area (Å²) >= 11 is 0. The van der Waals surface area contributed by atoms with Crippen LogP contribution in [0.1, 0.15) is 20.3 Å². The summed E-state index contributed by atoms with van der Waals surface area (Å²) in [5, 5.41) is 2.95. The van der Waals surface area contributed by atoms with Gasteiger partial charge in [0.25, 0.3) is 5.56 Å². The van der Waals surface area contributed by atoms with Crippen molar-refractivity contribution in [2.24, 2.45) is 5.92 Å². The highest BCUT2D eigenvalue weighted by atomic mass is 16.5. The molecule has 0 saturated heterocycles. The van der Waals surface area contributed by atoms with Crippen molar-refractivity contribution < 1.29 is 4.74 Å². The standard InChI is InChI=1S/C12H22N4O3/c1-8(2)7-16-10(13)9(11(17)15-12(16)18)14-5-4-6-19-3/h8,14H,4-7,13H2,1-3H3,(H,15,17,18). The minimum Gasteiger partial charge on any atom is -0.385 e. The molecule has 0 radical (unpaired) electrons. The zero-order valence-corrected chi connectivity index (χ0v) is 11.7. The molecule has 1 aromatic heterocycles. The molecular formula is C12H22N4O3. The number of anilines is 2. The number of H-pyrrole nitrogens is 1. The third kappa shape index (κ3) is 4.13. The van der Waals surface area contributed by atoms with Gasteiger partial charge in [0.15, 0.2) is 0 Å². The molecule has 0 aliphatic heterocycles. The first-order valence-electron chi connectivity index (χ1n) is 6.32. The molecule has 0 amide bonds. The Labute approximate surface area is 111 Å². The van der Waals surface area contributed by atoms with Crippen LogP contribution in [0.25, 0.3) is 0 Å². The molecular weight excluding hydrogens is 248 g/mol. The summed E-state index contributed by atoms with van der Waals surface area (Å²) in [4.78, 5) is 25.7. The second-order valence-corrected chi connectivity index (χ2v) is 4.80. The molecule has 7 heteroatoms. The zero-order chi connectivity index (χ0) is 14.4. The largest absolute Gasteiger partial charge is 0.385 e. The molecule has 1 aromatic rings. The smallest absolute Gasteiger partial charge is 0.330 e. The van der Waals surface area contributed by atoms with Gasteiger partial charge < -0.3 is 15.8 Å². The second-order valence-electron chi connectivity index (χ2n) is 4.80. The zero-order valence-electron chi connectivity index (χ0n) is 11.7. The maximum atomic E-state index is 11.7. The van der Waals surface area contributed by atoms with Crippen LogP contribution in [-0.4, -0.2) is 29.8 Å². The summed E-state index contributed by atoms with van der Waals surface area (Å²) in [6.07, 6.45) is 0.749. The van der Waals surface area contributed by atoms with Crippen LogP contribution in [0.3, 0.4) is 0 Å². The van der Waals surface area contributed by atoms with E-state index in [9.17, 15) is 9.59 Å². The number of nitrogens with two attached hydrogens (primary N) is 1. The molecule has 4 N–H and O–H groups in total. The van der Waals surface area contributed by atoms with Crippen LogP contribution in [0.5, 0.6) is 0 Å². The fourth-order valence-electron chi connectivity index (χ4n) is 1.73. The van der Waals surface area contributed by atoms with Crippen LogP contribution < -0.4 is 22.3 Å². The highest BCUT2D eigenvalue weighted by Gasteiger charge is 2.12. The van der Waals surface area contributed by atoms with Gasteiger partial charge >= 0.3 is 5.69 Å². The summed E-state index contributed by atoms with van der Waals surface area (Å²) in [5.74, 6) is 0.437. The first-order valence-corrected chi connectivity index (χ1v) is 6.32. The third-order valence-corrected chi connectivity index (χ3v) is 2.61. The van der Waals surface area contributed by atoms with Crippen LogP contribution in [-0.2, 0) is 11.3 Å². The van der Waals surface area contributed by atoms with E-state index in [1.54, 1.807) is 7.11 Å². The maximum Gasteiger partial charge on any atom is 0.330 e. The average molecular weight is 270 g/mol. The average Bonchev–Trinajstić information content (AvgIpc) is 2.33. The number of nitrogens with one attached hydrogen (secondary N) is 2. The van der Waals surface area contributed by atoms with Crippen molar-refractivity contribution in [2.45, 2.75) is 26.8 Å². The summed E-state index contributed by atoms with van der Waals surface area (Å²) in [6, 6.07) is 0. The number of rotatable bonds is 7. The molecule has 19 heavy (non-hydrogen) atoms. The quantitative estimate of drug-likeness (QED) is 0.615. The number of nitrogens with zero attached hydrogens (tertiary/aromatic N) is 1. The molecule has 1 heterocycles. The first-order chi connectivity index (χ1) is 8.97. The molecule has 1 rings (SSSR count). The van der Waals surface area contributed by atoms with Crippen molar-refractivity contribution in [3.63, 3.8) is 0 Å². The predicted octanol–water partition coefficient (Wildman–Crippen LogP) is 0.223. The molecule has 0 aliphatic carbocycles. The molecule has 0 atom stereocenters. The molecule has 0 fully saturated rings. The van der Waals surface area contributed by atoms with E-state index in [4.69, 9.17) is 10.5 Å². The third-order valence-electron chi connectivity index (χ3n) is 2.61. The van der Waals surface area contributed by atoms with Crippen LogP contribution >= 0.6 is 0 Å². The second kappa shape index (κ2) is 6.98. The number of aromatic amines is 1. The van der Waals surface area contributed by atoms with E-state index in [0.717, 1.165) is 6.42 Å². The lowest BCUT2D eigenvalue weighted by Crippen LogP contribution is -2.35. The van der Waals surface area contributed by atoms with Crippen LogP contribution in [0.15, 0.2) is 9.59 Å². The summed E-state index contributed by atoms with van der Waals surface area (Å²) in [7, 11) is 1.62. The Bertz CT molecular complexity index is 519.